The van der Waals surface area contributed by atoms with E-state index in [1.165, 1.54) is 30.9 Å². The summed E-state index contributed by atoms with van der Waals surface area (Å²) in [7, 11) is 2.74. The fourth-order valence-electron chi connectivity index (χ4n) is 5.35. The molecule has 0 fully saturated rings. The number of aromatic nitrogens is 1. The Morgan fingerprint density at radius 2 is 1.73 bits per heavy atom. The van der Waals surface area contributed by atoms with Crippen molar-refractivity contribution < 1.29 is 42.9 Å². The van der Waals surface area contributed by atoms with Gasteiger partial charge in [-0.3, -0.25) is 19.5 Å². The maximum absolute atomic E-state index is 14.2. The van der Waals surface area contributed by atoms with E-state index in [9.17, 15) is 24.5 Å². The Kier molecular flexibility index (Phi) is 11.5. The Balaban J connectivity index is 1.54. The molecule has 15 heteroatoms. The highest BCUT2D eigenvalue weighted by Gasteiger charge is 2.34. The Bertz CT molecular complexity index is 2190. The molecule has 5 rings (SSSR count). The topological polar surface area (TPSA) is 167 Å². The summed E-state index contributed by atoms with van der Waals surface area (Å²) < 4.78 is 34.8. The molecule has 0 saturated heterocycles. The van der Waals surface area contributed by atoms with Crippen LogP contribution in [0.15, 0.2) is 81.7 Å². The zero-order chi connectivity index (χ0) is 36.7. The lowest BCUT2D eigenvalue weighted by molar-refractivity contribution is -0.384. The van der Waals surface area contributed by atoms with Crippen molar-refractivity contribution in [2.24, 2.45) is 4.99 Å². The number of carbonyl (C=O) groups excluding carboxylic acids is 2. The molecule has 1 aliphatic heterocycles. The molecular weight excluding hydrogens is 682 g/mol. The molecular formula is C36H35N3O11S. The monoisotopic (exact) mass is 717 g/mol. The Labute approximate surface area is 295 Å². The van der Waals surface area contributed by atoms with E-state index in [1.807, 2.05) is 0 Å². The van der Waals surface area contributed by atoms with Crippen molar-refractivity contribution in [2.45, 2.75) is 33.4 Å². The molecule has 1 atom stereocenters. The fourth-order valence-corrected chi connectivity index (χ4v) is 6.40. The highest BCUT2D eigenvalue weighted by atomic mass is 32.1. The number of hydrogen-bond donors (Lipinski definition) is 0. The van der Waals surface area contributed by atoms with Crippen LogP contribution in [0.25, 0.3) is 6.08 Å². The number of fused-ring (bicyclic) bond motifs is 1. The molecule has 14 nitrogen and oxygen atoms in total. The Hall–Kier alpha value is -5.96. The molecule has 1 aromatic heterocycles. The third-order valence-corrected chi connectivity index (χ3v) is 8.66. The number of benzene rings is 3. The number of carbonyl (C=O) groups is 2. The first-order valence-corrected chi connectivity index (χ1v) is 16.6. The van der Waals surface area contributed by atoms with Gasteiger partial charge in [0.05, 0.1) is 54.2 Å². The van der Waals surface area contributed by atoms with E-state index in [-0.39, 0.29) is 43.4 Å². The second-order valence-electron chi connectivity index (χ2n) is 10.9. The first-order valence-electron chi connectivity index (χ1n) is 15.8. The average Bonchev–Trinajstić information content (AvgIpc) is 3.43. The summed E-state index contributed by atoms with van der Waals surface area (Å²) >= 11 is 1.15. The lowest BCUT2D eigenvalue weighted by Crippen LogP contribution is -2.40. The third kappa shape index (κ3) is 8.10. The van der Waals surface area contributed by atoms with Gasteiger partial charge in [-0.25, -0.2) is 14.6 Å². The highest BCUT2D eigenvalue weighted by molar-refractivity contribution is 7.07. The van der Waals surface area contributed by atoms with Crippen LogP contribution in [0, 0.1) is 10.1 Å². The second-order valence-corrected chi connectivity index (χ2v) is 11.9. The van der Waals surface area contributed by atoms with Crippen molar-refractivity contribution in [3.63, 3.8) is 0 Å². The van der Waals surface area contributed by atoms with Crippen molar-refractivity contribution in [3.8, 4) is 23.0 Å². The van der Waals surface area contributed by atoms with Crippen LogP contribution < -0.4 is 33.8 Å². The summed E-state index contributed by atoms with van der Waals surface area (Å²) in [5.74, 6) is 0.186. The molecule has 51 heavy (non-hydrogen) atoms. The molecule has 3 aromatic carbocycles. The summed E-state index contributed by atoms with van der Waals surface area (Å²) in [4.78, 5) is 55.0. The third-order valence-electron chi connectivity index (χ3n) is 7.67. The summed E-state index contributed by atoms with van der Waals surface area (Å²) in [6, 6.07) is 15.3. The van der Waals surface area contributed by atoms with Crippen molar-refractivity contribution in [1.82, 2.24) is 4.57 Å². The molecule has 0 bridgehead atoms. The lowest BCUT2D eigenvalue weighted by atomic mass is 9.95. The minimum Gasteiger partial charge on any atom is -0.493 e. The number of nitro benzene ring substituents is 1. The SMILES string of the molecule is CCOC(=O)C1=C(C)N=c2s/c(=C\c3ccc(OCc4cccc([N+](=O)[O-])c4)c(OC)c3)c(=O)n2[C@@H]1c1ccc(OCC(=O)OC)c(OCC)c1. The van der Waals surface area contributed by atoms with Crippen LogP contribution in [0.3, 0.4) is 0 Å². The molecule has 1 aliphatic rings. The van der Waals surface area contributed by atoms with E-state index < -0.39 is 28.5 Å². The Morgan fingerprint density at radius 3 is 2.43 bits per heavy atom. The van der Waals surface area contributed by atoms with Gasteiger partial charge < -0.3 is 28.4 Å². The summed E-state index contributed by atoms with van der Waals surface area (Å²) in [6.45, 7) is 5.29. The number of hydrogen-bond acceptors (Lipinski definition) is 13. The number of nitrogens with zero attached hydrogens (tertiary/aromatic N) is 3. The van der Waals surface area contributed by atoms with Gasteiger partial charge in [0.15, 0.2) is 34.4 Å². The molecule has 0 radical (unpaired) electrons. The number of ether oxygens (including phenoxy) is 6. The zero-order valence-corrected chi connectivity index (χ0v) is 29.3. The molecule has 0 spiro atoms. The van der Waals surface area contributed by atoms with Crippen molar-refractivity contribution in [1.29, 1.82) is 0 Å². The van der Waals surface area contributed by atoms with Gasteiger partial charge in [-0.05, 0) is 67.8 Å². The molecule has 266 valence electrons. The largest absolute Gasteiger partial charge is 0.493 e. The molecule has 0 aliphatic carbocycles. The summed E-state index contributed by atoms with van der Waals surface area (Å²) in [5, 5.41) is 11.1. The summed E-state index contributed by atoms with van der Waals surface area (Å²) in [6.07, 6.45) is 1.69. The van der Waals surface area contributed by atoms with Crippen molar-refractivity contribution in [2.75, 3.05) is 34.0 Å². The van der Waals surface area contributed by atoms with E-state index in [4.69, 9.17) is 23.7 Å². The van der Waals surface area contributed by atoms with Crippen LogP contribution in [0.1, 0.15) is 43.5 Å². The second kappa shape index (κ2) is 16.2. The predicted molar refractivity (Wildman–Crippen MR) is 186 cm³/mol. The number of methoxy groups -OCH3 is 2. The normalized spacial score (nSPS) is 13.9. The van der Waals surface area contributed by atoms with E-state index in [1.54, 1.807) is 75.4 Å². The fraction of sp³-hybridized carbons (Fsp3) is 0.278. The van der Waals surface area contributed by atoms with E-state index in [0.29, 0.717) is 49.0 Å². The highest BCUT2D eigenvalue weighted by Crippen LogP contribution is 2.36. The number of allylic oxidation sites excluding steroid dienone is 1. The minimum absolute atomic E-state index is 0.0388. The number of esters is 2. The smallest absolute Gasteiger partial charge is 0.343 e. The van der Waals surface area contributed by atoms with Crippen LogP contribution in [0.5, 0.6) is 23.0 Å². The van der Waals surface area contributed by atoms with Crippen LogP contribution in [-0.2, 0) is 25.7 Å². The molecule has 0 unspecified atom stereocenters. The molecule has 2 heterocycles. The zero-order valence-electron chi connectivity index (χ0n) is 28.5. The molecule has 4 aromatic rings. The van der Waals surface area contributed by atoms with Gasteiger partial charge in [-0.2, -0.15) is 0 Å². The number of thiazole rings is 1. The quantitative estimate of drug-likeness (QED) is 0.104. The molecule has 0 N–H and O–H groups in total. The van der Waals surface area contributed by atoms with Gasteiger partial charge in [0, 0.05) is 12.1 Å². The Morgan fingerprint density at radius 1 is 0.961 bits per heavy atom. The summed E-state index contributed by atoms with van der Waals surface area (Å²) in [5.41, 5.74) is 1.91. The number of rotatable bonds is 14. The van der Waals surface area contributed by atoms with Gasteiger partial charge in [0.2, 0.25) is 0 Å². The first kappa shape index (κ1) is 36.3. The van der Waals surface area contributed by atoms with Gasteiger partial charge in [0.1, 0.15) is 6.61 Å². The number of non-ortho nitro benzene ring substituents is 1. The average molecular weight is 718 g/mol. The van der Waals surface area contributed by atoms with Crippen LogP contribution in [0.4, 0.5) is 5.69 Å². The van der Waals surface area contributed by atoms with E-state index in [2.05, 4.69) is 9.73 Å². The maximum Gasteiger partial charge on any atom is 0.343 e. The first-order chi connectivity index (χ1) is 24.6. The molecule has 0 amide bonds. The number of nitro groups is 1. The van der Waals surface area contributed by atoms with Gasteiger partial charge in [-0.15, -0.1) is 0 Å². The van der Waals surface area contributed by atoms with Gasteiger partial charge >= 0.3 is 11.9 Å². The van der Waals surface area contributed by atoms with Crippen LogP contribution in [-0.4, -0.2) is 55.5 Å². The van der Waals surface area contributed by atoms with Crippen molar-refractivity contribution in [3.05, 3.63) is 118 Å². The van der Waals surface area contributed by atoms with Gasteiger partial charge in [-0.1, -0.05) is 35.6 Å². The van der Waals surface area contributed by atoms with Gasteiger partial charge in [0.25, 0.3) is 11.2 Å². The van der Waals surface area contributed by atoms with Crippen LogP contribution in [0.2, 0.25) is 0 Å². The molecule has 0 saturated carbocycles. The maximum atomic E-state index is 14.2. The predicted octanol–water partition coefficient (Wildman–Crippen LogP) is 4.24. The minimum atomic E-state index is -0.921. The van der Waals surface area contributed by atoms with E-state index in [0.717, 1.165) is 11.3 Å². The standard InChI is InChI=1S/C36H35N3O11S/c1-6-47-29-18-24(12-14-27(29)50-20-31(40)46-5)33-32(35(42)48-7-2)21(3)37-36-38(33)34(41)30(51-36)17-22-11-13-26(28(16-22)45-4)49-19-23-9-8-10-25(15-23)39(43)44/h8-18,33H,6-7,19-20H2,1-5H3/b30-17-/t33-/m1/s1. The van der Waals surface area contributed by atoms with Crippen LogP contribution >= 0.6 is 11.3 Å². The van der Waals surface area contributed by atoms with E-state index >= 15 is 0 Å². The lowest BCUT2D eigenvalue weighted by Gasteiger charge is -2.25. The van der Waals surface area contributed by atoms with Crippen molar-refractivity contribution >= 4 is 35.0 Å².